The minimum atomic E-state index is 0.444. The molecule has 0 aliphatic rings. The van der Waals surface area contributed by atoms with Crippen molar-refractivity contribution >= 4 is 5.96 Å². The summed E-state index contributed by atoms with van der Waals surface area (Å²) >= 11 is 0. The molecule has 7 heteroatoms. The Hall–Kier alpha value is -3.35. The van der Waals surface area contributed by atoms with Crippen LogP contribution < -0.4 is 15.4 Å². The lowest BCUT2D eigenvalue weighted by molar-refractivity contribution is 0.293. The van der Waals surface area contributed by atoms with Crippen LogP contribution in [0.25, 0.3) is 0 Å². The third-order valence-electron chi connectivity index (χ3n) is 5.12. The lowest BCUT2D eigenvalue weighted by atomic mass is 9.99. The smallest absolute Gasteiger partial charge is 0.213 e. The number of benzene rings is 1. The van der Waals surface area contributed by atoms with Crippen LogP contribution >= 0.6 is 0 Å². The van der Waals surface area contributed by atoms with Crippen LogP contribution in [0.5, 0.6) is 5.88 Å². The highest BCUT2D eigenvalue weighted by Gasteiger charge is 2.13. The Morgan fingerprint density at radius 1 is 1.03 bits per heavy atom. The number of aliphatic imine (C=N–C) groups is 1. The van der Waals surface area contributed by atoms with Gasteiger partial charge in [-0.2, -0.15) is 0 Å². The largest absolute Gasteiger partial charge is 0.473 e. The van der Waals surface area contributed by atoms with E-state index in [1.54, 1.807) is 13.2 Å². The van der Waals surface area contributed by atoms with Gasteiger partial charge in [-0.25, -0.2) is 4.98 Å². The van der Waals surface area contributed by atoms with Crippen molar-refractivity contribution in [2.75, 3.05) is 7.05 Å². The zero-order chi connectivity index (χ0) is 21.9. The van der Waals surface area contributed by atoms with Crippen molar-refractivity contribution in [3.63, 3.8) is 0 Å². The molecule has 7 nitrogen and oxygen atoms in total. The maximum Gasteiger partial charge on any atom is 0.213 e. The molecular formula is C24H31N5O2. The van der Waals surface area contributed by atoms with Crippen molar-refractivity contribution in [3.05, 3.63) is 77.3 Å². The van der Waals surface area contributed by atoms with Crippen LogP contribution in [0.4, 0.5) is 0 Å². The van der Waals surface area contributed by atoms with Crippen LogP contribution in [0.2, 0.25) is 0 Å². The number of ether oxygens (including phenoxy) is 1. The van der Waals surface area contributed by atoms with E-state index in [1.165, 1.54) is 0 Å². The van der Waals surface area contributed by atoms with E-state index in [-0.39, 0.29) is 0 Å². The van der Waals surface area contributed by atoms with Crippen molar-refractivity contribution in [2.45, 2.75) is 52.3 Å². The Kier molecular flexibility index (Phi) is 8.46. The predicted octanol–water partition coefficient (Wildman–Crippen LogP) is 4.42. The number of nitrogens with zero attached hydrogens (tertiary/aromatic N) is 3. The Bertz CT molecular complexity index is 951. The summed E-state index contributed by atoms with van der Waals surface area (Å²) in [6.07, 6.45) is 3.87. The summed E-state index contributed by atoms with van der Waals surface area (Å²) in [7, 11) is 1.74. The molecule has 0 aliphatic carbocycles. The summed E-state index contributed by atoms with van der Waals surface area (Å²) in [6.45, 7) is 5.95. The van der Waals surface area contributed by atoms with E-state index in [1.807, 2.05) is 48.5 Å². The zero-order valence-corrected chi connectivity index (χ0v) is 18.5. The van der Waals surface area contributed by atoms with E-state index in [2.05, 4.69) is 39.6 Å². The van der Waals surface area contributed by atoms with E-state index in [0.29, 0.717) is 37.5 Å². The molecule has 0 radical (unpaired) electrons. The van der Waals surface area contributed by atoms with Gasteiger partial charge in [0.15, 0.2) is 11.7 Å². The van der Waals surface area contributed by atoms with Crippen LogP contribution in [0.1, 0.15) is 55.2 Å². The highest BCUT2D eigenvalue weighted by molar-refractivity contribution is 5.79. The van der Waals surface area contributed by atoms with Gasteiger partial charge in [-0.15, -0.1) is 0 Å². The third-order valence-corrected chi connectivity index (χ3v) is 5.12. The molecule has 2 aromatic heterocycles. The Balaban J connectivity index is 1.48. The fourth-order valence-electron chi connectivity index (χ4n) is 3.26. The summed E-state index contributed by atoms with van der Waals surface area (Å²) in [5.41, 5.74) is 3.18. The SMILES string of the molecule is CCC(CC)c1cc(CNC(=NC)NCc2ccnc(OCc3ccccc3)c2)on1. The first-order chi connectivity index (χ1) is 15.2. The van der Waals surface area contributed by atoms with Gasteiger partial charge in [-0.3, -0.25) is 4.99 Å². The van der Waals surface area contributed by atoms with Crippen molar-refractivity contribution in [2.24, 2.45) is 4.99 Å². The van der Waals surface area contributed by atoms with Gasteiger partial charge in [-0.05, 0) is 30.0 Å². The van der Waals surface area contributed by atoms with Crippen molar-refractivity contribution in [1.82, 2.24) is 20.8 Å². The number of guanidine groups is 1. The van der Waals surface area contributed by atoms with Gasteiger partial charge in [0.2, 0.25) is 5.88 Å². The fraction of sp³-hybridized carbons (Fsp3) is 0.375. The van der Waals surface area contributed by atoms with Crippen LogP contribution in [-0.4, -0.2) is 23.1 Å². The Morgan fingerprint density at radius 2 is 1.81 bits per heavy atom. The lowest BCUT2D eigenvalue weighted by Gasteiger charge is -2.11. The average molecular weight is 422 g/mol. The average Bonchev–Trinajstić information content (AvgIpc) is 3.28. The van der Waals surface area contributed by atoms with E-state index in [4.69, 9.17) is 9.26 Å². The molecule has 0 spiro atoms. The molecule has 0 unspecified atom stereocenters. The highest BCUT2D eigenvalue weighted by Crippen LogP contribution is 2.22. The second kappa shape index (κ2) is 11.7. The number of aromatic nitrogens is 2. The fourth-order valence-corrected chi connectivity index (χ4v) is 3.26. The van der Waals surface area contributed by atoms with Crippen LogP contribution in [0.3, 0.4) is 0 Å². The molecule has 0 amide bonds. The van der Waals surface area contributed by atoms with Gasteiger partial charge >= 0.3 is 0 Å². The summed E-state index contributed by atoms with van der Waals surface area (Å²) in [4.78, 5) is 8.57. The molecule has 3 aromatic rings. The standard InChI is InChI=1S/C24H31N5O2/c1-4-20(5-2)22-14-21(31-29-22)16-28-24(25-3)27-15-19-11-12-26-23(13-19)30-17-18-9-7-6-8-10-18/h6-14,20H,4-5,15-17H2,1-3H3,(H2,25,27,28). The van der Waals surface area contributed by atoms with Gasteiger partial charge < -0.3 is 19.9 Å². The summed E-state index contributed by atoms with van der Waals surface area (Å²) in [6, 6.07) is 16.0. The lowest BCUT2D eigenvalue weighted by Crippen LogP contribution is -2.36. The molecule has 3 rings (SSSR count). The normalized spacial score (nSPS) is 11.5. The molecule has 2 heterocycles. The maximum atomic E-state index is 5.81. The van der Waals surface area contributed by atoms with Gasteiger partial charge in [0.1, 0.15) is 6.61 Å². The maximum absolute atomic E-state index is 5.81. The second-order valence-corrected chi connectivity index (χ2v) is 7.29. The zero-order valence-electron chi connectivity index (χ0n) is 18.5. The van der Waals surface area contributed by atoms with E-state index < -0.39 is 0 Å². The third kappa shape index (κ3) is 6.84. The minimum absolute atomic E-state index is 0.444. The van der Waals surface area contributed by atoms with Crippen molar-refractivity contribution in [1.29, 1.82) is 0 Å². The molecular weight excluding hydrogens is 390 g/mol. The molecule has 0 fully saturated rings. The van der Waals surface area contributed by atoms with Gasteiger partial charge in [0.25, 0.3) is 0 Å². The Labute approximate surface area is 183 Å². The van der Waals surface area contributed by atoms with Crippen molar-refractivity contribution < 1.29 is 9.26 Å². The molecule has 1 aromatic carbocycles. The molecule has 0 saturated carbocycles. The van der Waals surface area contributed by atoms with Crippen LogP contribution in [0.15, 0.2) is 64.2 Å². The van der Waals surface area contributed by atoms with Crippen LogP contribution in [0, 0.1) is 0 Å². The number of hydrogen-bond acceptors (Lipinski definition) is 5. The molecule has 0 bridgehead atoms. The molecule has 2 N–H and O–H groups in total. The van der Waals surface area contributed by atoms with Gasteiger partial charge in [0, 0.05) is 37.8 Å². The summed E-state index contributed by atoms with van der Waals surface area (Å²) in [5, 5.41) is 10.8. The number of pyridine rings is 1. The van der Waals surface area contributed by atoms with E-state index in [0.717, 1.165) is 35.4 Å². The quantitative estimate of drug-likeness (QED) is 0.372. The number of hydrogen-bond donors (Lipinski definition) is 2. The molecule has 164 valence electrons. The number of nitrogens with one attached hydrogen (secondary N) is 2. The molecule has 31 heavy (non-hydrogen) atoms. The Morgan fingerprint density at radius 3 is 2.55 bits per heavy atom. The minimum Gasteiger partial charge on any atom is -0.473 e. The van der Waals surface area contributed by atoms with Crippen LogP contribution in [-0.2, 0) is 19.7 Å². The summed E-state index contributed by atoms with van der Waals surface area (Å²) < 4.78 is 11.3. The topological polar surface area (TPSA) is 84.6 Å². The first-order valence-electron chi connectivity index (χ1n) is 10.7. The first-order valence-corrected chi connectivity index (χ1v) is 10.7. The molecule has 0 saturated heterocycles. The van der Waals surface area contributed by atoms with Gasteiger partial charge in [0.05, 0.1) is 12.2 Å². The molecule has 0 aliphatic heterocycles. The monoisotopic (exact) mass is 421 g/mol. The summed E-state index contributed by atoms with van der Waals surface area (Å²) in [5.74, 6) is 2.52. The highest BCUT2D eigenvalue weighted by atomic mass is 16.5. The predicted molar refractivity (Wildman–Crippen MR) is 122 cm³/mol. The second-order valence-electron chi connectivity index (χ2n) is 7.29. The first kappa shape index (κ1) is 22.3. The number of rotatable bonds is 10. The van der Waals surface area contributed by atoms with E-state index >= 15 is 0 Å². The molecule has 0 atom stereocenters. The van der Waals surface area contributed by atoms with Crippen molar-refractivity contribution in [3.8, 4) is 5.88 Å². The van der Waals surface area contributed by atoms with Gasteiger partial charge in [-0.1, -0.05) is 49.3 Å². The van der Waals surface area contributed by atoms with E-state index in [9.17, 15) is 0 Å².